The molecule has 0 aliphatic rings. The number of imidazole rings is 1. The number of hydrogen-bond donors (Lipinski definition) is 2. The second-order valence-electron chi connectivity index (χ2n) is 5.80. The third-order valence-electron chi connectivity index (χ3n) is 3.02. The number of nitrogens with zero attached hydrogens (tertiary/aromatic N) is 2. The van der Waals surface area contributed by atoms with Crippen molar-refractivity contribution in [2.45, 2.75) is 39.2 Å². The first-order chi connectivity index (χ1) is 8.79. The Morgan fingerprint density at radius 1 is 1.37 bits per heavy atom. The zero-order valence-corrected chi connectivity index (χ0v) is 11.6. The van der Waals surface area contributed by atoms with Crippen LogP contribution in [0.1, 0.15) is 33.0 Å². The van der Waals surface area contributed by atoms with Gasteiger partial charge in [-0.05, 0) is 18.2 Å². The first-order valence-corrected chi connectivity index (χ1v) is 6.33. The number of carbonyl (C=O) groups is 1. The van der Waals surface area contributed by atoms with Gasteiger partial charge in [0.25, 0.3) is 0 Å². The Morgan fingerprint density at radius 3 is 2.63 bits per heavy atom. The van der Waals surface area contributed by atoms with Crippen LogP contribution >= 0.6 is 0 Å². The Morgan fingerprint density at radius 2 is 2.05 bits per heavy atom. The lowest BCUT2D eigenvalue weighted by molar-refractivity contribution is -0.118. The molecule has 5 nitrogen and oxygen atoms in total. The van der Waals surface area contributed by atoms with Crippen LogP contribution in [0, 0.1) is 0 Å². The lowest BCUT2D eigenvalue weighted by atomic mass is 9.95. The van der Waals surface area contributed by atoms with Crippen molar-refractivity contribution in [2.24, 2.45) is 5.73 Å². The van der Waals surface area contributed by atoms with Crippen molar-refractivity contribution >= 4 is 22.6 Å². The predicted molar refractivity (Wildman–Crippen MR) is 76.7 cm³/mol. The monoisotopic (exact) mass is 260 g/mol. The second kappa shape index (κ2) is 4.57. The number of fused-ring (bicyclic) bond motifs is 1. The zero-order chi connectivity index (χ0) is 14.2. The largest absolute Gasteiger partial charge is 0.399 e. The Kier molecular flexibility index (Phi) is 3.22. The van der Waals surface area contributed by atoms with Gasteiger partial charge in [-0.15, -0.1) is 0 Å². The van der Waals surface area contributed by atoms with E-state index in [0.29, 0.717) is 18.7 Å². The summed E-state index contributed by atoms with van der Waals surface area (Å²) in [4.78, 5) is 15.7. The fraction of sp³-hybridized carbons (Fsp3) is 0.429. The maximum absolute atomic E-state index is 11.0. The van der Waals surface area contributed by atoms with Crippen molar-refractivity contribution in [3.8, 4) is 0 Å². The Hall–Kier alpha value is -2.04. The van der Waals surface area contributed by atoms with Crippen LogP contribution in [0.4, 0.5) is 5.69 Å². The van der Waals surface area contributed by atoms with E-state index in [9.17, 15) is 4.79 Å². The first-order valence-electron chi connectivity index (χ1n) is 6.33. The van der Waals surface area contributed by atoms with E-state index in [2.05, 4.69) is 30.3 Å². The molecule has 102 valence electrons. The Labute approximate surface area is 112 Å². The number of rotatable bonds is 3. The molecule has 1 amide bonds. The molecule has 5 heteroatoms. The minimum Gasteiger partial charge on any atom is -0.399 e. The average Bonchev–Trinajstić information content (AvgIpc) is 2.63. The molecule has 0 saturated heterocycles. The summed E-state index contributed by atoms with van der Waals surface area (Å²) in [7, 11) is 0. The lowest BCUT2D eigenvalue weighted by Gasteiger charge is -2.19. The normalized spacial score (nSPS) is 11.9. The van der Waals surface area contributed by atoms with Gasteiger partial charge in [-0.3, -0.25) is 4.79 Å². The third-order valence-corrected chi connectivity index (χ3v) is 3.02. The van der Waals surface area contributed by atoms with Crippen molar-refractivity contribution in [1.82, 2.24) is 9.55 Å². The molecule has 1 aromatic heterocycles. The fourth-order valence-corrected chi connectivity index (χ4v) is 2.17. The minimum absolute atomic E-state index is 0.106. The van der Waals surface area contributed by atoms with Crippen molar-refractivity contribution < 1.29 is 4.79 Å². The van der Waals surface area contributed by atoms with Gasteiger partial charge in [0, 0.05) is 24.1 Å². The van der Waals surface area contributed by atoms with Crippen LogP contribution in [0.15, 0.2) is 18.2 Å². The van der Waals surface area contributed by atoms with Gasteiger partial charge >= 0.3 is 0 Å². The molecule has 0 fully saturated rings. The number of anilines is 1. The van der Waals surface area contributed by atoms with Gasteiger partial charge in [0.05, 0.1) is 11.0 Å². The molecule has 0 radical (unpaired) electrons. The Bertz CT molecular complexity index is 622. The van der Waals surface area contributed by atoms with E-state index in [1.54, 1.807) is 0 Å². The van der Waals surface area contributed by atoms with Crippen molar-refractivity contribution in [1.29, 1.82) is 0 Å². The summed E-state index contributed by atoms with van der Waals surface area (Å²) in [5.74, 6) is 0.631. The molecule has 1 heterocycles. The van der Waals surface area contributed by atoms with Gasteiger partial charge in [-0.2, -0.15) is 0 Å². The molecule has 0 aliphatic carbocycles. The topological polar surface area (TPSA) is 86.9 Å². The number of primary amides is 1. The van der Waals surface area contributed by atoms with Crippen LogP contribution in [0.3, 0.4) is 0 Å². The maximum atomic E-state index is 11.0. The second-order valence-corrected chi connectivity index (χ2v) is 5.80. The van der Waals surface area contributed by atoms with E-state index >= 15 is 0 Å². The lowest BCUT2D eigenvalue weighted by Crippen LogP contribution is -2.21. The molecule has 0 atom stereocenters. The zero-order valence-electron chi connectivity index (χ0n) is 11.6. The standard InChI is InChI=1S/C14H20N4O/c1-14(2,3)13-17-10-8-9(15)4-5-11(10)18(13)7-6-12(16)19/h4-5,8H,6-7,15H2,1-3H3,(H2,16,19). The van der Waals surface area contributed by atoms with E-state index in [1.807, 2.05) is 18.2 Å². The van der Waals surface area contributed by atoms with Crippen molar-refractivity contribution in [3.05, 3.63) is 24.0 Å². The third kappa shape index (κ3) is 2.70. The van der Waals surface area contributed by atoms with E-state index in [4.69, 9.17) is 11.5 Å². The van der Waals surface area contributed by atoms with Crippen LogP contribution < -0.4 is 11.5 Å². The van der Waals surface area contributed by atoms with Crippen LogP contribution in [-0.4, -0.2) is 15.5 Å². The predicted octanol–water partition coefficient (Wildman–Crippen LogP) is 1.79. The summed E-state index contributed by atoms with van der Waals surface area (Å²) in [5, 5.41) is 0. The van der Waals surface area contributed by atoms with Gasteiger partial charge < -0.3 is 16.0 Å². The number of aromatic nitrogens is 2. The highest BCUT2D eigenvalue weighted by Crippen LogP contribution is 2.27. The van der Waals surface area contributed by atoms with E-state index in [-0.39, 0.29) is 11.3 Å². The molecular formula is C14H20N4O. The first kappa shape index (κ1) is 13.4. The molecule has 0 aliphatic heterocycles. The number of hydrogen-bond acceptors (Lipinski definition) is 3. The van der Waals surface area contributed by atoms with Gasteiger partial charge in [0.15, 0.2) is 0 Å². The average molecular weight is 260 g/mol. The van der Waals surface area contributed by atoms with Crippen LogP contribution in [0.2, 0.25) is 0 Å². The van der Waals surface area contributed by atoms with Crippen LogP contribution in [0.25, 0.3) is 11.0 Å². The molecule has 0 spiro atoms. The number of benzene rings is 1. The van der Waals surface area contributed by atoms with Gasteiger partial charge in [0.2, 0.25) is 5.91 Å². The van der Waals surface area contributed by atoms with E-state index < -0.39 is 0 Å². The number of aryl methyl sites for hydroxylation is 1. The number of amides is 1. The van der Waals surface area contributed by atoms with Gasteiger partial charge in [0.1, 0.15) is 5.82 Å². The highest BCUT2D eigenvalue weighted by molar-refractivity contribution is 5.80. The van der Waals surface area contributed by atoms with E-state index in [1.165, 1.54) is 0 Å². The van der Waals surface area contributed by atoms with E-state index in [0.717, 1.165) is 16.9 Å². The summed E-state index contributed by atoms with van der Waals surface area (Å²) >= 11 is 0. The number of nitrogen functional groups attached to an aromatic ring is 1. The molecule has 1 aromatic carbocycles. The number of nitrogens with two attached hydrogens (primary N) is 2. The summed E-state index contributed by atoms with van der Waals surface area (Å²) in [5.41, 5.74) is 13.5. The molecular weight excluding hydrogens is 240 g/mol. The molecule has 0 saturated carbocycles. The van der Waals surface area contributed by atoms with Crippen LogP contribution in [0.5, 0.6) is 0 Å². The summed E-state index contributed by atoms with van der Waals surface area (Å²) in [6.07, 6.45) is 0.304. The molecule has 0 unspecified atom stereocenters. The maximum Gasteiger partial charge on any atom is 0.219 e. The highest BCUT2D eigenvalue weighted by atomic mass is 16.1. The van der Waals surface area contributed by atoms with Crippen LogP contribution in [-0.2, 0) is 16.8 Å². The quantitative estimate of drug-likeness (QED) is 0.825. The smallest absolute Gasteiger partial charge is 0.219 e. The molecule has 0 bridgehead atoms. The van der Waals surface area contributed by atoms with Gasteiger partial charge in [-0.25, -0.2) is 4.98 Å². The number of carbonyl (C=O) groups excluding carboxylic acids is 1. The summed E-state index contributed by atoms with van der Waals surface area (Å²) < 4.78 is 2.06. The van der Waals surface area contributed by atoms with Gasteiger partial charge in [-0.1, -0.05) is 20.8 Å². The Balaban J connectivity index is 2.58. The molecule has 4 N–H and O–H groups in total. The summed E-state index contributed by atoms with van der Waals surface area (Å²) in [6.45, 7) is 6.83. The fourth-order valence-electron chi connectivity index (χ4n) is 2.17. The van der Waals surface area contributed by atoms with Crippen molar-refractivity contribution in [2.75, 3.05) is 5.73 Å². The highest BCUT2D eigenvalue weighted by Gasteiger charge is 2.22. The summed E-state index contributed by atoms with van der Waals surface area (Å²) in [6, 6.07) is 5.64. The van der Waals surface area contributed by atoms with Crippen molar-refractivity contribution in [3.63, 3.8) is 0 Å². The molecule has 2 rings (SSSR count). The molecule has 19 heavy (non-hydrogen) atoms. The SMILES string of the molecule is CC(C)(C)c1nc2cc(N)ccc2n1CCC(N)=O. The molecule has 2 aromatic rings. The minimum atomic E-state index is -0.308.